The predicted octanol–water partition coefficient (Wildman–Crippen LogP) is 4.29. The van der Waals surface area contributed by atoms with Crippen LogP contribution in [0, 0.1) is 0 Å². The number of H-pyrrole nitrogens is 1. The Morgan fingerprint density at radius 3 is 3.12 bits per heavy atom. The summed E-state index contributed by atoms with van der Waals surface area (Å²) < 4.78 is 0. The average Bonchev–Trinajstić information content (AvgIpc) is 3.03. The number of hydrogen-bond acceptors (Lipinski definition) is 3. The number of fused-ring (bicyclic) bond motifs is 1. The number of nitrogens with zero attached hydrogens (tertiary/aromatic N) is 2. The highest BCUT2D eigenvalue weighted by atomic mass is 35.5. The molecule has 1 aromatic heterocycles. The summed E-state index contributed by atoms with van der Waals surface area (Å²) in [6, 6.07) is 15.0. The monoisotopic (exact) mass is 340 g/mol. The number of aromatic amines is 1. The van der Waals surface area contributed by atoms with Gasteiger partial charge in [0, 0.05) is 35.2 Å². The molecule has 0 saturated carbocycles. The van der Waals surface area contributed by atoms with Crippen LogP contribution in [-0.4, -0.2) is 34.2 Å². The lowest BCUT2D eigenvalue weighted by atomic mass is 10.0. The number of piperidine rings is 1. The minimum absolute atomic E-state index is 0.474. The molecule has 1 aliphatic heterocycles. The Labute approximate surface area is 146 Å². The third kappa shape index (κ3) is 3.55. The standard InChI is InChI=1S/C19H21ClN4/c20-16-4-1-3-14(9-16)12-24-8-2-5-18(13-24)22-17-6-7-19-15(10-17)11-21-23-19/h1,3-4,6-7,9-11,18,22H,2,5,8,12-13H2,(H,21,23)/t18-/m0/s1. The van der Waals surface area contributed by atoms with E-state index in [1.807, 2.05) is 18.3 Å². The fraction of sp³-hybridized carbons (Fsp3) is 0.316. The molecule has 2 aromatic carbocycles. The number of nitrogens with one attached hydrogen (secondary N) is 2. The molecular formula is C19H21ClN4. The number of anilines is 1. The van der Waals surface area contributed by atoms with Crippen molar-refractivity contribution < 1.29 is 0 Å². The molecule has 1 atom stereocenters. The second kappa shape index (κ2) is 6.83. The normalized spacial score (nSPS) is 18.8. The van der Waals surface area contributed by atoms with Gasteiger partial charge in [0.15, 0.2) is 0 Å². The van der Waals surface area contributed by atoms with E-state index in [9.17, 15) is 0 Å². The molecule has 0 spiro atoms. The summed E-state index contributed by atoms with van der Waals surface area (Å²) in [7, 11) is 0. The maximum absolute atomic E-state index is 6.10. The summed E-state index contributed by atoms with van der Waals surface area (Å²) in [4.78, 5) is 2.50. The zero-order chi connectivity index (χ0) is 16.4. The van der Waals surface area contributed by atoms with Gasteiger partial charge in [-0.05, 0) is 55.3 Å². The van der Waals surface area contributed by atoms with Crippen LogP contribution in [0.4, 0.5) is 5.69 Å². The van der Waals surface area contributed by atoms with Gasteiger partial charge in [0.2, 0.25) is 0 Å². The highest BCUT2D eigenvalue weighted by Crippen LogP contribution is 2.21. The smallest absolute Gasteiger partial charge is 0.0651 e. The van der Waals surface area contributed by atoms with Crippen molar-refractivity contribution in [3.8, 4) is 0 Å². The first kappa shape index (κ1) is 15.5. The van der Waals surface area contributed by atoms with E-state index in [1.165, 1.54) is 24.1 Å². The Kier molecular flexibility index (Phi) is 4.41. The number of rotatable bonds is 4. The van der Waals surface area contributed by atoms with Gasteiger partial charge in [-0.1, -0.05) is 23.7 Å². The van der Waals surface area contributed by atoms with Gasteiger partial charge in [0.1, 0.15) is 0 Å². The van der Waals surface area contributed by atoms with Gasteiger partial charge in [0.25, 0.3) is 0 Å². The molecule has 1 aliphatic rings. The predicted molar refractivity (Wildman–Crippen MR) is 99.5 cm³/mol. The summed E-state index contributed by atoms with van der Waals surface area (Å²) in [6.45, 7) is 3.15. The van der Waals surface area contributed by atoms with Crippen LogP contribution in [0.25, 0.3) is 10.9 Å². The van der Waals surface area contributed by atoms with Crippen molar-refractivity contribution >= 4 is 28.2 Å². The largest absolute Gasteiger partial charge is 0.381 e. The van der Waals surface area contributed by atoms with Crippen LogP contribution in [0.1, 0.15) is 18.4 Å². The fourth-order valence-electron chi connectivity index (χ4n) is 3.48. The quantitative estimate of drug-likeness (QED) is 0.744. The zero-order valence-corrected chi connectivity index (χ0v) is 14.3. The molecule has 1 fully saturated rings. The maximum atomic E-state index is 6.10. The summed E-state index contributed by atoms with van der Waals surface area (Å²) in [5.74, 6) is 0. The maximum Gasteiger partial charge on any atom is 0.0651 e. The van der Waals surface area contributed by atoms with Crippen molar-refractivity contribution in [1.82, 2.24) is 15.1 Å². The molecule has 3 aromatic rings. The van der Waals surface area contributed by atoms with Gasteiger partial charge in [-0.15, -0.1) is 0 Å². The van der Waals surface area contributed by atoms with E-state index < -0.39 is 0 Å². The van der Waals surface area contributed by atoms with Crippen molar-refractivity contribution in [1.29, 1.82) is 0 Å². The van der Waals surface area contributed by atoms with Gasteiger partial charge in [-0.3, -0.25) is 10.00 Å². The van der Waals surface area contributed by atoms with E-state index in [4.69, 9.17) is 11.6 Å². The average molecular weight is 341 g/mol. The van der Waals surface area contributed by atoms with Crippen molar-refractivity contribution in [3.05, 3.63) is 59.2 Å². The Hall–Kier alpha value is -2.04. The summed E-state index contributed by atoms with van der Waals surface area (Å²) in [5, 5.41) is 12.7. The second-order valence-electron chi connectivity index (χ2n) is 6.52. The van der Waals surface area contributed by atoms with Crippen molar-refractivity contribution in [2.24, 2.45) is 0 Å². The molecule has 1 saturated heterocycles. The molecule has 0 aliphatic carbocycles. The molecular weight excluding hydrogens is 320 g/mol. The highest BCUT2D eigenvalue weighted by molar-refractivity contribution is 6.30. The first-order valence-corrected chi connectivity index (χ1v) is 8.80. The van der Waals surface area contributed by atoms with Crippen LogP contribution in [0.15, 0.2) is 48.7 Å². The topological polar surface area (TPSA) is 44.0 Å². The van der Waals surface area contributed by atoms with E-state index >= 15 is 0 Å². The Morgan fingerprint density at radius 1 is 1.25 bits per heavy atom. The van der Waals surface area contributed by atoms with Crippen LogP contribution in [-0.2, 0) is 6.54 Å². The Balaban J connectivity index is 1.40. The molecule has 0 unspecified atom stereocenters. The molecule has 4 nitrogen and oxygen atoms in total. The van der Waals surface area contributed by atoms with Crippen molar-refractivity contribution in [2.75, 3.05) is 18.4 Å². The van der Waals surface area contributed by atoms with E-state index in [1.54, 1.807) is 0 Å². The number of benzene rings is 2. The minimum atomic E-state index is 0.474. The zero-order valence-electron chi connectivity index (χ0n) is 13.5. The highest BCUT2D eigenvalue weighted by Gasteiger charge is 2.20. The molecule has 4 rings (SSSR count). The van der Waals surface area contributed by atoms with Crippen LogP contribution < -0.4 is 5.32 Å². The van der Waals surface area contributed by atoms with E-state index in [0.717, 1.165) is 35.6 Å². The lowest BCUT2D eigenvalue weighted by Crippen LogP contribution is -2.41. The lowest BCUT2D eigenvalue weighted by molar-refractivity contribution is 0.208. The first-order chi connectivity index (χ1) is 11.8. The summed E-state index contributed by atoms with van der Waals surface area (Å²) in [6.07, 6.45) is 4.29. The Morgan fingerprint density at radius 2 is 2.21 bits per heavy atom. The number of halogens is 1. The molecule has 2 heterocycles. The third-order valence-electron chi connectivity index (χ3n) is 4.61. The van der Waals surface area contributed by atoms with E-state index in [2.05, 4.69) is 50.7 Å². The molecule has 5 heteroatoms. The summed E-state index contributed by atoms with van der Waals surface area (Å²) in [5.41, 5.74) is 3.52. The van der Waals surface area contributed by atoms with Crippen LogP contribution in [0.5, 0.6) is 0 Å². The number of hydrogen-bond donors (Lipinski definition) is 2. The van der Waals surface area contributed by atoms with Gasteiger partial charge >= 0.3 is 0 Å². The SMILES string of the molecule is Clc1cccc(CN2CCC[C@H](Nc3ccc4[nH]ncc4c3)C2)c1. The molecule has 0 amide bonds. The Bertz CT molecular complexity index is 829. The molecule has 2 N–H and O–H groups in total. The fourth-order valence-corrected chi connectivity index (χ4v) is 3.69. The molecule has 0 bridgehead atoms. The second-order valence-corrected chi connectivity index (χ2v) is 6.96. The van der Waals surface area contributed by atoms with Crippen LogP contribution in [0.3, 0.4) is 0 Å². The van der Waals surface area contributed by atoms with Crippen molar-refractivity contribution in [2.45, 2.75) is 25.4 Å². The van der Waals surface area contributed by atoms with Gasteiger partial charge in [0.05, 0.1) is 11.7 Å². The minimum Gasteiger partial charge on any atom is -0.381 e. The van der Waals surface area contributed by atoms with Gasteiger partial charge < -0.3 is 5.32 Å². The number of likely N-dealkylation sites (tertiary alicyclic amines) is 1. The van der Waals surface area contributed by atoms with Crippen LogP contribution in [0.2, 0.25) is 5.02 Å². The molecule has 0 radical (unpaired) electrons. The van der Waals surface area contributed by atoms with Crippen LogP contribution >= 0.6 is 11.6 Å². The lowest BCUT2D eigenvalue weighted by Gasteiger charge is -2.33. The molecule has 24 heavy (non-hydrogen) atoms. The first-order valence-electron chi connectivity index (χ1n) is 8.43. The van der Waals surface area contributed by atoms with Gasteiger partial charge in [-0.2, -0.15) is 5.10 Å². The number of aromatic nitrogens is 2. The third-order valence-corrected chi connectivity index (χ3v) is 4.85. The van der Waals surface area contributed by atoms with Gasteiger partial charge in [-0.25, -0.2) is 0 Å². The van der Waals surface area contributed by atoms with E-state index in [-0.39, 0.29) is 0 Å². The van der Waals surface area contributed by atoms with Crippen molar-refractivity contribution in [3.63, 3.8) is 0 Å². The van der Waals surface area contributed by atoms with E-state index in [0.29, 0.717) is 6.04 Å². The molecule has 124 valence electrons. The summed E-state index contributed by atoms with van der Waals surface area (Å²) >= 11 is 6.10.